The molecule has 0 fully saturated rings. The van der Waals surface area contributed by atoms with Gasteiger partial charge in [0.2, 0.25) is 10.0 Å². The SMILES string of the molecule is CS(=O)(=O)Nc1ccc(S(=O)(=O)N(CCCCC(F)(F)F)c2sc3ccccc3c2Br)cc1. The lowest BCUT2D eigenvalue weighted by molar-refractivity contribution is -0.135. The molecule has 1 N–H and O–H groups in total. The zero-order valence-corrected chi connectivity index (χ0v) is 21.3. The standard InChI is InChI=1S/C20H20BrF3N2O4S3/c1-32(27,28)25-14-8-10-15(11-9-14)33(29,30)26(13-5-4-12-20(22,23)24)19-18(21)16-6-2-3-7-17(16)31-19/h2-3,6-11,25H,4-5,12-13H2,1H3. The van der Waals surface area contributed by atoms with Crippen LogP contribution in [0.15, 0.2) is 57.9 Å². The second-order valence-electron chi connectivity index (χ2n) is 7.27. The Kier molecular flexibility index (Phi) is 7.66. The molecule has 0 aliphatic rings. The Balaban J connectivity index is 1.97. The van der Waals surface area contributed by atoms with Gasteiger partial charge in [-0.25, -0.2) is 16.8 Å². The number of hydrogen-bond donors (Lipinski definition) is 1. The number of nitrogens with one attached hydrogen (secondary N) is 1. The van der Waals surface area contributed by atoms with Gasteiger partial charge < -0.3 is 0 Å². The van der Waals surface area contributed by atoms with E-state index in [2.05, 4.69) is 20.7 Å². The van der Waals surface area contributed by atoms with E-state index in [-0.39, 0.29) is 30.0 Å². The highest BCUT2D eigenvalue weighted by Gasteiger charge is 2.30. The summed E-state index contributed by atoms with van der Waals surface area (Å²) in [6.07, 6.45) is -4.55. The Morgan fingerprint density at radius 3 is 2.21 bits per heavy atom. The zero-order chi connectivity index (χ0) is 24.4. The summed E-state index contributed by atoms with van der Waals surface area (Å²) in [5, 5.41) is 1.15. The summed E-state index contributed by atoms with van der Waals surface area (Å²) in [6, 6.07) is 12.4. The van der Waals surface area contributed by atoms with Gasteiger partial charge in [-0.3, -0.25) is 9.03 Å². The number of benzene rings is 2. The third kappa shape index (κ3) is 6.61. The predicted octanol–water partition coefficient (Wildman–Crippen LogP) is 5.96. The first-order valence-electron chi connectivity index (χ1n) is 9.62. The lowest BCUT2D eigenvalue weighted by Crippen LogP contribution is -2.31. The number of thiophene rings is 1. The monoisotopic (exact) mass is 584 g/mol. The Labute approximate surface area is 202 Å². The summed E-state index contributed by atoms with van der Waals surface area (Å²) in [4.78, 5) is -0.110. The first kappa shape index (κ1) is 25.8. The number of nitrogens with zero attached hydrogens (tertiary/aromatic N) is 1. The van der Waals surface area contributed by atoms with E-state index in [1.54, 1.807) is 6.07 Å². The van der Waals surface area contributed by atoms with Gasteiger partial charge in [0.25, 0.3) is 10.0 Å². The van der Waals surface area contributed by atoms with Crippen LogP contribution in [0.2, 0.25) is 0 Å². The molecule has 13 heteroatoms. The molecule has 33 heavy (non-hydrogen) atoms. The first-order valence-corrected chi connectivity index (χ1v) is 14.6. The fourth-order valence-electron chi connectivity index (χ4n) is 3.11. The maximum atomic E-state index is 13.5. The van der Waals surface area contributed by atoms with Crippen molar-refractivity contribution in [2.75, 3.05) is 21.8 Å². The minimum atomic E-state index is -4.32. The van der Waals surface area contributed by atoms with Gasteiger partial charge in [0.1, 0.15) is 5.00 Å². The minimum Gasteiger partial charge on any atom is -0.284 e. The molecule has 1 heterocycles. The summed E-state index contributed by atoms with van der Waals surface area (Å²) in [5.74, 6) is 0. The van der Waals surface area contributed by atoms with Gasteiger partial charge in [0.05, 0.1) is 15.6 Å². The van der Waals surface area contributed by atoms with Crippen molar-refractivity contribution in [2.24, 2.45) is 0 Å². The molecule has 0 aliphatic carbocycles. The molecule has 3 aromatic rings. The molecule has 3 rings (SSSR count). The summed E-state index contributed by atoms with van der Waals surface area (Å²) >= 11 is 4.66. The number of sulfonamides is 2. The van der Waals surface area contributed by atoms with Crippen LogP contribution in [0.3, 0.4) is 0 Å². The van der Waals surface area contributed by atoms with E-state index in [1.807, 2.05) is 18.2 Å². The van der Waals surface area contributed by atoms with Crippen LogP contribution in [0.1, 0.15) is 19.3 Å². The molecule has 2 aromatic carbocycles. The molecule has 0 saturated carbocycles. The molecular weight excluding hydrogens is 565 g/mol. The molecule has 6 nitrogen and oxygen atoms in total. The van der Waals surface area contributed by atoms with E-state index in [0.29, 0.717) is 9.47 Å². The van der Waals surface area contributed by atoms with Crippen LogP contribution >= 0.6 is 27.3 Å². The lowest BCUT2D eigenvalue weighted by atomic mass is 10.2. The number of hydrogen-bond acceptors (Lipinski definition) is 5. The van der Waals surface area contributed by atoms with E-state index in [0.717, 1.165) is 20.6 Å². The molecule has 0 amide bonds. The predicted molar refractivity (Wildman–Crippen MR) is 129 cm³/mol. The van der Waals surface area contributed by atoms with E-state index in [1.165, 1.54) is 35.6 Å². The zero-order valence-electron chi connectivity index (χ0n) is 17.3. The van der Waals surface area contributed by atoms with Crippen LogP contribution < -0.4 is 9.03 Å². The van der Waals surface area contributed by atoms with Gasteiger partial charge in [0.15, 0.2) is 0 Å². The van der Waals surface area contributed by atoms with Crippen molar-refractivity contribution in [2.45, 2.75) is 30.3 Å². The van der Waals surface area contributed by atoms with Crippen molar-refractivity contribution in [3.05, 3.63) is 53.0 Å². The number of unbranched alkanes of at least 4 members (excludes halogenated alkanes) is 1. The van der Waals surface area contributed by atoms with Crippen molar-refractivity contribution in [3.63, 3.8) is 0 Å². The lowest BCUT2D eigenvalue weighted by Gasteiger charge is -2.24. The van der Waals surface area contributed by atoms with Gasteiger partial charge in [-0.05, 0) is 59.1 Å². The molecule has 0 aliphatic heterocycles. The summed E-state index contributed by atoms with van der Waals surface area (Å²) in [5.41, 5.74) is 0.191. The number of halogens is 4. The second-order valence-corrected chi connectivity index (χ2v) is 12.7. The molecule has 0 saturated heterocycles. The summed E-state index contributed by atoms with van der Waals surface area (Å²) < 4.78 is 92.2. The van der Waals surface area contributed by atoms with Gasteiger partial charge >= 0.3 is 6.18 Å². The molecule has 0 spiro atoms. The van der Waals surface area contributed by atoms with Gasteiger partial charge in [-0.2, -0.15) is 13.2 Å². The van der Waals surface area contributed by atoms with Crippen molar-refractivity contribution < 1.29 is 30.0 Å². The second kappa shape index (κ2) is 9.80. The number of alkyl halides is 3. The van der Waals surface area contributed by atoms with E-state index in [4.69, 9.17) is 0 Å². The summed E-state index contributed by atoms with van der Waals surface area (Å²) in [6.45, 7) is -0.146. The van der Waals surface area contributed by atoms with Crippen molar-refractivity contribution in [1.82, 2.24) is 0 Å². The number of rotatable bonds is 9. The van der Waals surface area contributed by atoms with Crippen LogP contribution in [0.5, 0.6) is 0 Å². The Morgan fingerprint density at radius 2 is 1.64 bits per heavy atom. The Morgan fingerprint density at radius 1 is 1.00 bits per heavy atom. The van der Waals surface area contributed by atoms with Crippen LogP contribution in [0, 0.1) is 0 Å². The fourth-order valence-corrected chi connectivity index (χ4v) is 7.57. The van der Waals surface area contributed by atoms with Gasteiger partial charge in [-0.15, -0.1) is 11.3 Å². The maximum absolute atomic E-state index is 13.5. The van der Waals surface area contributed by atoms with Crippen LogP contribution in [0.25, 0.3) is 10.1 Å². The number of anilines is 2. The summed E-state index contributed by atoms with van der Waals surface area (Å²) in [7, 11) is -7.68. The first-order chi connectivity index (χ1) is 15.3. The largest absolute Gasteiger partial charge is 0.389 e. The molecular formula is C20H20BrF3N2O4S3. The third-order valence-corrected chi connectivity index (χ3v) is 9.36. The minimum absolute atomic E-state index is 0.00709. The number of fused-ring (bicyclic) bond motifs is 1. The Hall–Kier alpha value is -1.83. The molecule has 0 atom stereocenters. The average Bonchev–Trinajstić information content (AvgIpc) is 3.02. The molecule has 0 radical (unpaired) electrons. The highest BCUT2D eigenvalue weighted by Crippen LogP contribution is 2.44. The van der Waals surface area contributed by atoms with E-state index >= 15 is 0 Å². The average molecular weight is 585 g/mol. The highest BCUT2D eigenvalue weighted by atomic mass is 79.9. The topological polar surface area (TPSA) is 83.5 Å². The van der Waals surface area contributed by atoms with Crippen molar-refractivity contribution in [3.8, 4) is 0 Å². The maximum Gasteiger partial charge on any atom is 0.389 e. The van der Waals surface area contributed by atoms with Gasteiger partial charge in [0, 0.05) is 28.7 Å². The van der Waals surface area contributed by atoms with Gasteiger partial charge in [-0.1, -0.05) is 18.2 Å². The Bertz CT molecular complexity index is 1340. The third-order valence-electron chi connectivity index (χ3n) is 4.56. The normalized spacial score (nSPS) is 12.8. The van der Waals surface area contributed by atoms with Crippen molar-refractivity contribution in [1.29, 1.82) is 0 Å². The van der Waals surface area contributed by atoms with Crippen molar-refractivity contribution >= 4 is 68.1 Å². The van der Waals surface area contributed by atoms with Crippen LogP contribution in [0.4, 0.5) is 23.9 Å². The molecule has 0 bridgehead atoms. The molecule has 1 aromatic heterocycles. The van der Waals surface area contributed by atoms with E-state index < -0.39 is 32.6 Å². The quantitative estimate of drug-likeness (QED) is 0.314. The highest BCUT2D eigenvalue weighted by molar-refractivity contribution is 9.10. The smallest absolute Gasteiger partial charge is 0.284 e. The molecule has 180 valence electrons. The molecule has 0 unspecified atom stereocenters. The fraction of sp³-hybridized carbons (Fsp3) is 0.300. The van der Waals surface area contributed by atoms with Crippen LogP contribution in [-0.4, -0.2) is 35.8 Å². The van der Waals surface area contributed by atoms with Crippen LogP contribution in [-0.2, 0) is 20.0 Å². The van der Waals surface area contributed by atoms with E-state index in [9.17, 15) is 30.0 Å².